The van der Waals surface area contributed by atoms with Gasteiger partial charge in [0.15, 0.2) is 9.84 Å². The van der Waals surface area contributed by atoms with Crippen molar-refractivity contribution < 1.29 is 32.3 Å². The van der Waals surface area contributed by atoms with E-state index in [0.717, 1.165) is 17.4 Å². The summed E-state index contributed by atoms with van der Waals surface area (Å²) in [6, 6.07) is 11.9. The molecule has 164 valence electrons. The lowest BCUT2D eigenvalue weighted by Crippen LogP contribution is -2.45. The van der Waals surface area contributed by atoms with Crippen LogP contribution in [0, 0.1) is 0 Å². The van der Waals surface area contributed by atoms with Crippen LogP contribution in [0.2, 0.25) is 0 Å². The molecule has 10 heteroatoms. The van der Waals surface area contributed by atoms with Crippen LogP contribution < -0.4 is 5.32 Å². The van der Waals surface area contributed by atoms with Crippen molar-refractivity contribution >= 4 is 27.8 Å². The van der Waals surface area contributed by atoms with E-state index in [2.05, 4.69) is 10.1 Å². The van der Waals surface area contributed by atoms with Gasteiger partial charge in [-0.05, 0) is 35.4 Å². The van der Waals surface area contributed by atoms with E-state index in [1.54, 1.807) is 36.4 Å². The standard InChI is InChI=1S/C21H22N2O7S/c1-29-20(25)16-7-3-15(4-8-16)12-23-18(13-30-21(23)26)19(24)22-11-14-5-9-17(10-6-14)31(2,27)28/h3-10,18H,11-13H2,1-2H3,(H,22,24)/t18-/m0/s1. The Balaban J connectivity index is 1.62. The molecule has 0 unspecified atom stereocenters. The van der Waals surface area contributed by atoms with E-state index in [0.29, 0.717) is 5.56 Å². The predicted molar refractivity (Wildman–Crippen MR) is 110 cm³/mol. The number of carbonyl (C=O) groups is 3. The molecule has 0 bridgehead atoms. The zero-order valence-electron chi connectivity index (χ0n) is 17.0. The molecule has 2 aromatic rings. The zero-order valence-corrected chi connectivity index (χ0v) is 17.8. The third-order valence-electron chi connectivity index (χ3n) is 4.82. The van der Waals surface area contributed by atoms with Crippen LogP contribution in [0.15, 0.2) is 53.4 Å². The van der Waals surface area contributed by atoms with E-state index >= 15 is 0 Å². The van der Waals surface area contributed by atoms with E-state index in [9.17, 15) is 22.8 Å². The Bertz CT molecular complexity index is 1080. The molecular formula is C21H22N2O7S. The molecule has 0 radical (unpaired) electrons. The average molecular weight is 446 g/mol. The van der Waals surface area contributed by atoms with Gasteiger partial charge in [0.2, 0.25) is 5.91 Å². The maximum Gasteiger partial charge on any atom is 0.410 e. The van der Waals surface area contributed by atoms with Gasteiger partial charge < -0.3 is 14.8 Å². The van der Waals surface area contributed by atoms with Crippen molar-refractivity contribution in [1.29, 1.82) is 0 Å². The summed E-state index contributed by atoms with van der Waals surface area (Å²) in [4.78, 5) is 37.8. The van der Waals surface area contributed by atoms with Crippen LogP contribution in [0.3, 0.4) is 0 Å². The summed E-state index contributed by atoms with van der Waals surface area (Å²) >= 11 is 0. The lowest BCUT2D eigenvalue weighted by atomic mass is 10.1. The molecule has 2 amide bonds. The van der Waals surface area contributed by atoms with Gasteiger partial charge in [-0.15, -0.1) is 0 Å². The summed E-state index contributed by atoms with van der Waals surface area (Å²) in [5.74, 6) is -0.849. The van der Waals surface area contributed by atoms with Crippen LogP contribution >= 0.6 is 0 Å². The largest absolute Gasteiger partial charge is 0.465 e. The molecule has 1 atom stereocenters. The molecule has 9 nitrogen and oxygen atoms in total. The summed E-state index contributed by atoms with van der Waals surface area (Å²) in [5.41, 5.74) is 1.82. The Hall–Kier alpha value is -3.40. The van der Waals surface area contributed by atoms with Crippen molar-refractivity contribution in [1.82, 2.24) is 10.2 Å². The van der Waals surface area contributed by atoms with Gasteiger partial charge in [0.1, 0.15) is 12.6 Å². The number of hydrogen-bond donors (Lipinski definition) is 1. The van der Waals surface area contributed by atoms with Crippen molar-refractivity contribution in [3.05, 3.63) is 65.2 Å². The second kappa shape index (κ2) is 9.17. The van der Waals surface area contributed by atoms with Crippen molar-refractivity contribution in [2.24, 2.45) is 0 Å². The minimum absolute atomic E-state index is 0.0715. The van der Waals surface area contributed by atoms with E-state index in [-0.39, 0.29) is 30.5 Å². The number of nitrogens with one attached hydrogen (secondary N) is 1. The highest BCUT2D eigenvalue weighted by molar-refractivity contribution is 7.90. The van der Waals surface area contributed by atoms with Crippen LogP contribution in [-0.4, -0.2) is 57.3 Å². The molecule has 0 aromatic heterocycles. The highest BCUT2D eigenvalue weighted by Gasteiger charge is 2.37. The molecule has 1 aliphatic heterocycles. The number of rotatable bonds is 7. The summed E-state index contributed by atoms with van der Waals surface area (Å²) < 4.78 is 32.7. The SMILES string of the molecule is COC(=O)c1ccc(CN2C(=O)OC[C@H]2C(=O)NCc2ccc(S(C)(=O)=O)cc2)cc1. The zero-order chi connectivity index (χ0) is 22.6. The van der Waals surface area contributed by atoms with Crippen LogP contribution in [-0.2, 0) is 37.2 Å². The van der Waals surface area contributed by atoms with Crippen molar-refractivity contribution in [3.63, 3.8) is 0 Å². The first-order valence-electron chi connectivity index (χ1n) is 9.36. The monoisotopic (exact) mass is 446 g/mol. The Morgan fingerprint density at radius 2 is 1.71 bits per heavy atom. The maximum absolute atomic E-state index is 12.6. The normalized spacial score (nSPS) is 16.0. The number of hydrogen-bond acceptors (Lipinski definition) is 7. The third-order valence-corrected chi connectivity index (χ3v) is 5.95. The molecule has 31 heavy (non-hydrogen) atoms. The van der Waals surface area contributed by atoms with E-state index in [1.807, 2.05) is 0 Å². The number of cyclic esters (lactones) is 1. The van der Waals surface area contributed by atoms with Crippen LogP contribution in [0.1, 0.15) is 21.5 Å². The summed E-state index contributed by atoms with van der Waals surface area (Å²) in [5, 5.41) is 2.74. The second-order valence-corrected chi connectivity index (χ2v) is 9.06. The van der Waals surface area contributed by atoms with Gasteiger partial charge in [0.05, 0.1) is 24.1 Å². The quantitative estimate of drug-likeness (QED) is 0.641. The maximum atomic E-state index is 12.6. The molecule has 1 aliphatic rings. The van der Waals surface area contributed by atoms with Gasteiger partial charge in [-0.2, -0.15) is 0 Å². The summed E-state index contributed by atoms with van der Waals surface area (Å²) in [6.07, 6.45) is 0.521. The van der Waals surface area contributed by atoms with Crippen LogP contribution in [0.5, 0.6) is 0 Å². The van der Waals surface area contributed by atoms with Crippen molar-refractivity contribution in [2.75, 3.05) is 20.0 Å². The Morgan fingerprint density at radius 3 is 2.29 bits per heavy atom. The topological polar surface area (TPSA) is 119 Å². The van der Waals surface area contributed by atoms with Gasteiger partial charge in [-0.1, -0.05) is 24.3 Å². The minimum atomic E-state index is -3.29. The van der Waals surface area contributed by atoms with Gasteiger partial charge in [-0.25, -0.2) is 18.0 Å². The summed E-state index contributed by atoms with van der Waals surface area (Å²) in [7, 11) is -2.00. The first-order valence-corrected chi connectivity index (χ1v) is 11.3. The molecule has 0 saturated carbocycles. The number of methoxy groups -OCH3 is 1. The summed E-state index contributed by atoms with van der Waals surface area (Å²) in [6.45, 7) is 0.245. The number of esters is 1. The van der Waals surface area contributed by atoms with E-state index < -0.39 is 27.9 Å². The fourth-order valence-electron chi connectivity index (χ4n) is 3.06. The lowest BCUT2D eigenvalue weighted by Gasteiger charge is -2.21. The van der Waals surface area contributed by atoms with Gasteiger partial charge in [-0.3, -0.25) is 9.69 Å². The highest BCUT2D eigenvalue weighted by Crippen LogP contribution is 2.18. The molecule has 1 heterocycles. The molecule has 1 saturated heterocycles. The molecule has 1 N–H and O–H groups in total. The van der Waals surface area contributed by atoms with Crippen molar-refractivity contribution in [2.45, 2.75) is 24.0 Å². The third kappa shape index (κ3) is 5.40. The number of benzene rings is 2. The smallest absolute Gasteiger partial charge is 0.410 e. The Morgan fingerprint density at radius 1 is 1.10 bits per heavy atom. The molecule has 0 spiro atoms. The van der Waals surface area contributed by atoms with Crippen LogP contribution in [0.25, 0.3) is 0 Å². The highest BCUT2D eigenvalue weighted by atomic mass is 32.2. The number of amides is 2. The molecule has 3 rings (SSSR count). The van der Waals surface area contributed by atoms with Gasteiger partial charge >= 0.3 is 12.1 Å². The molecule has 2 aromatic carbocycles. The molecule has 0 aliphatic carbocycles. The Labute approximate surface area is 179 Å². The fraction of sp³-hybridized carbons (Fsp3) is 0.286. The number of ether oxygens (including phenoxy) is 2. The molecule has 1 fully saturated rings. The number of nitrogens with zero attached hydrogens (tertiary/aromatic N) is 1. The predicted octanol–water partition coefficient (Wildman–Crippen LogP) is 1.51. The molecular weight excluding hydrogens is 424 g/mol. The van der Waals surface area contributed by atoms with Gasteiger partial charge in [0.25, 0.3) is 0 Å². The average Bonchev–Trinajstić information content (AvgIpc) is 3.12. The number of sulfone groups is 1. The van der Waals surface area contributed by atoms with Crippen LogP contribution in [0.4, 0.5) is 4.79 Å². The minimum Gasteiger partial charge on any atom is -0.465 e. The van der Waals surface area contributed by atoms with E-state index in [1.165, 1.54) is 24.1 Å². The van der Waals surface area contributed by atoms with E-state index in [4.69, 9.17) is 4.74 Å². The first kappa shape index (κ1) is 22.3. The lowest BCUT2D eigenvalue weighted by molar-refractivity contribution is -0.125. The Kier molecular flexibility index (Phi) is 6.59. The fourth-order valence-corrected chi connectivity index (χ4v) is 3.70. The van der Waals surface area contributed by atoms with Crippen molar-refractivity contribution in [3.8, 4) is 0 Å². The number of carbonyl (C=O) groups excluding carboxylic acids is 3. The second-order valence-electron chi connectivity index (χ2n) is 7.04. The van der Waals surface area contributed by atoms with Gasteiger partial charge in [0, 0.05) is 12.8 Å². The first-order chi connectivity index (χ1) is 14.7.